The van der Waals surface area contributed by atoms with Crippen molar-refractivity contribution in [1.29, 1.82) is 0 Å². The van der Waals surface area contributed by atoms with Crippen LogP contribution in [-0.4, -0.2) is 86.1 Å². The first-order valence-corrected chi connectivity index (χ1v) is 12.4. The van der Waals surface area contributed by atoms with Crippen LogP contribution in [0.1, 0.15) is 49.0 Å². The van der Waals surface area contributed by atoms with Gasteiger partial charge in [-0.1, -0.05) is 7.43 Å². The van der Waals surface area contributed by atoms with E-state index in [1.165, 1.54) is 18.0 Å². The zero-order chi connectivity index (χ0) is 32.3. The van der Waals surface area contributed by atoms with E-state index in [0.29, 0.717) is 5.69 Å². The van der Waals surface area contributed by atoms with E-state index in [1.54, 1.807) is 47.7 Å². The molecule has 0 aromatic carbocycles. The van der Waals surface area contributed by atoms with E-state index in [4.69, 9.17) is 15.2 Å². The van der Waals surface area contributed by atoms with Crippen molar-refractivity contribution in [3.05, 3.63) is 34.9 Å². The lowest BCUT2D eigenvalue weighted by atomic mass is 10.2. The number of nitro groups is 1. The van der Waals surface area contributed by atoms with Crippen LogP contribution in [0.5, 0.6) is 0 Å². The monoisotopic (exact) mass is 614 g/mol. The molecule has 0 spiro atoms. The van der Waals surface area contributed by atoms with E-state index in [2.05, 4.69) is 30.3 Å². The number of rotatable bonds is 9. The first-order chi connectivity index (χ1) is 19.3. The molecule has 43 heavy (non-hydrogen) atoms. The number of alkyl carbamates (subject to hydrolysis) is 2. The summed E-state index contributed by atoms with van der Waals surface area (Å²) in [5.41, 5.74) is 4.40. The summed E-state index contributed by atoms with van der Waals surface area (Å²) in [5.74, 6) is -1.31. The zero-order valence-corrected chi connectivity index (χ0v) is 24.8. The molecule has 0 saturated carbocycles. The number of amides is 2. The second kappa shape index (κ2) is 16.5. The molecule has 0 aliphatic heterocycles. The second-order valence-electron chi connectivity index (χ2n) is 10.6. The second-order valence-corrected chi connectivity index (χ2v) is 10.6. The number of carbonyl (C=O) groups is 4. The Morgan fingerprint density at radius 1 is 0.860 bits per heavy atom. The Labute approximate surface area is 249 Å². The van der Waals surface area contributed by atoms with Crippen LogP contribution >= 0.6 is 0 Å². The van der Waals surface area contributed by atoms with Gasteiger partial charge < -0.3 is 35.3 Å². The van der Waals surface area contributed by atoms with Gasteiger partial charge in [0.25, 0.3) is 0 Å². The summed E-state index contributed by atoms with van der Waals surface area (Å²) >= 11 is 0. The number of methoxy groups -OCH3 is 2. The average molecular weight is 615 g/mol. The van der Waals surface area contributed by atoms with Crippen LogP contribution in [0.15, 0.2) is 24.8 Å². The number of nitrogens with zero attached hydrogens (tertiary/aromatic N) is 5. The van der Waals surface area contributed by atoms with Gasteiger partial charge in [0.2, 0.25) is 0 Å². The first kappa shape index (κ1) is 38.1. The van der Waals surface area contributed by atoms with Crippen molar-refractivity contribution in [2.45, 2.75) is 85.3 Å². The molecule has 0 aliphatic rings. The number of nitrogens with one attached hydrogen (secondary N) is 2. The minimum absolute atomic E-state index is 0. The van der Waals surface area contributed by atoms with Gasteiger partial charge in [0.1, 0.15) is 35.7 Å². The highest BCUT2D eigenvalue weighted by Gasteiger charge is 2.27. The van der Waals surface area contributed by atoms with Gasteiger partial charge in [0.15, 0.2) is 0 Å². The third-order valence-electron chi connectivity index (χ3n) is 4.58. The quantitative estimate of drug-likeness (QED) is 0.159. The zero-order valence-electron chi connectivity index (χ0n) is 24.8. The van der Waals surface area contributed by atoms with E-state index in [-0.39, 0.29) is 26.2 Å². The van der Waals surface area contributed by atoms with Gasteiger partial charge in [-0.2, -0.15) is 10.2 Å². The molecule has 2 aromatic heterocycles. The molecule has 0 unspecified atom stereocenters. The maximum absolute atomic E-state index is 11.7. The normalized spacial score (nSPS) is 12.2. The van der Waals surface area contributed by atoms with Gasteiger partial charge in [-0.3, -0.25) is 19.5 Å². The van der Waals surface area contributed by atoms with E-state index < -0.39 is 52.3 Å². The molecule has 0 saturated heterocycles. The molecular formula is C25H42N8O10. The topological polar surface area (TPSA) is 234 Å². The Kier molecular flexibility index (Phi) is 14.6. The van der Waals surface area contributed by atoms with Crippen LogP contribution in [0.3, 0.4) is 0 Å². The van der Waals surface area contributed by atoms with Crippen LogP contribution in [0, 0.1) is 10.1 Å². The predicted octanol–water partition coefficient (Wildman–Crippen LogP) is 2.03. The van der Waals surface area contributed by atoms with Gasteiger partial charge in [-0.25, -0.2) is 19.2 Å². The van der Waals surface area contributed by atoms with Crippen molar-refractivity contribution < 1.29 is 43.0 Å². The number of esters is 2. The molecule has 2 heterocycles. The third-order valence-corrected chi connectivity index (χ3v) is 4.58. The molecule has 18 nitrogen and oxygen atoms in total. The highest BCUT2D eigenvalue weighted by molar-refractivity contribution is 5.81. The smallest absolute Gasteiger partial charge is 0.408 e. The molecule has 0 aliphatic carbocycles. The maximum Gasteiger partial charge on any atom is 0.408 e. The molecule has 2 rings (SSSR count). The summed E-state index contributed by atoms with van der Waals surface area (Å²) in [6.45, 7) is 10.2. The van der Waals surface area contributed by atoms with Gasteiger partial charge in [-0.15, -0.1) is 0 Å². The SMILES string of the molecule is C.COC(=O)[C@H](Cn1cc(N)cn1)NC(=O)OC(C)(C)C.COC(=O)[C@H](Cn1cc([N+](=O)[O-])cn1)NC(=O)OC(C)(C)C. The number of hydrogen-bond acceptors (Lipinski definition) is 13. The fourth-order valence-electron chi connectivity index (χ4n) is 2.94. The Morgan fingerprint density at radius 2 is 1.26 bits per heavy atom. The van der Waals surface area contributed by atoms with Gasteiger partial charge >= 0.3 is 29.8 Å². The summed E-state index contributed by atoms with van der Waals surface area (Å²) in [4.78, 5) is 56.7. The minimum Gasteiger partial charge on any atom is -0.467 e. The van der Waals surface area contributed by atoms with Crippen LogP contribution in [0.2, 0.25) is 0 Å². The number of nitrogens with two attached hydrogens (primary N) is 1. The Balaban J connectivity index is 0.000000805. The molecule has 2 atom stereocenters. The van der Waals surface area contributed by atoms with Gasteiger partial charge in [0.05, 0.1) is 44.1 Å². The Bertz CT molecular complexity index is 1230. The number of carbonyl (C=O) groups excluding carboxylic acids is 4. The van der Waals surface area contributed by atoms with Gasteiger partial charge in [-0.05, 0) is 41.5 Å². The standard InChI is InChI=1S/C12H18N4O6.C12H20N4O4.CH4/c1-12(2,3)22-11(18)14-9(10(17)21-4)7-15-6-8(5-13-15)16(19)20;1-12(2,3)20-11(18)15-9(10(17)19-4)7-16-6-8(13)5-14-16;/h5-6,9H,7H2,1-4H3,(H,14,18);5-6,9H,7,13H2,1-4H3,(H,15,18);1H4/t2*9-;/m00./s1. The van der Waals surface area contributed by atoms with Gasteiger partial charge in [0, 0.05) is 6.20 Å². The number of ether oxygens (including phenoxy) is 4. The fraction of sp³-hybridized carbons (Fsp3) is 0.600. The Morgan fingerprint density at radius 3 is 1.56 bits per heavy atom. The number of anilines is 1. The molecule has 4 N–H and O–H groups in total. The van der Waals surface area contributed by atoms with E-state index in [0.717, 1.165) is 24.2 Å². The fourth-order valence-corrected chi connectivity index (χ4v) is 2.94. The number of nitrogen functional groups attached to an aromatic ring is 1. The maximum atomic E-state index is 11.7. The summed E-state index contributed by atoms with van der Waals surface area (Å²) in [7, 11) is 2.40. The highest BCUT2D eigenvalue weighted by Crippen LogP contribution is 2.11. The summed E-state index contributed by atoms with van der Waals surface area (Å²) in [6, 6.07) is -1.99. The summed E-state index contributed by atoms with van der Waals surface area (Å²) in [6.07, 6.45) is 3.68. The molecule has 242 valence electrons. The van der Waals surface area contributed by atoms with Crippen LogP contribution < -0.4 is 16.4 Å². The van der Waals surface area contributed by atoms with Crippen molar-refractivity contribution in [2.24, 2.45) is 0 Å². The van der Waals surface area contributed by atoms with E-state index >= 15 is 0 Å². The first-order valence-electron chi connectivity index (χ1n) is 12.4. The largest absolute Gasteiger partial charge is 0.467 e. The van der Waals surface area contributed by atoms with E-state index in [1.807, 2.05) is 0 Å². The number of hydrogen-bond donors (Lipinski definition) is 3. The van der Waals surface area contributed by atoms with Crippen molar-refractivity contribution in [2.75, 3.05) is 20.0 Å². The molecule has 2 aromatic rings. The lowest BCUT2D eigenvalue weighted by molar-refractivity contribution is -0.385. The molecule has 18 heteroatoms. The lowest BCUT2D eigenvalue weighted by Gasteiger charge is -2.22. The Hall–Kier alpha value is -4.90. The molecule has 0 radical (unpaired) electrons. The predicted molar refractivity (Wildman–Crippen MR) is 153 cm³/mol. The summed E-state index contributed by atoms with van der Waals surface area (Å²) < 4.78 is 22.0. The minimum atomic E-state index is -1.08. The van der Waals surface area contributed by atoms with Crippen molar-refractivity contribution in [3.8, 4) is 0 Å². The molecule has 0 bridgehead atoms. The average Bonchev–Trinajstić information content (AvgIpc) is 3.49. The third kappa shape index (κ3) is 15.1. The van der Waals surface area contributed by atoms with Crippen molar-refractivity contribution in [3.63, 3.8) is 0 Å². The van der Waals surface area contributed by atoms with E-state index in [9.17, 15) is 29.3 Å². The van der Waals surface area contributed by atoms with Crippen molar-refractivity contribution >= 4 is 35.5 Å². The summed E-state index contributed by atoms with van der Waals surface area (Å²) in [5, 5.41) is 23.1. The molecule has 2 amide bonds. The highest BCUT2D eigenvalue weighted by atomic mass is 16.6. The molecular weight excluding hydrogens is 572 g/mol. The van der Waals surface area contributed by atoms with Crippen molar-refractivity contribution in [1.82, 2.24) is 30.2 Å². The van der Waals surface area contributed by atoms with Crippen LogP contribution in [0.25, 0.3) is 0 Å². The lowest BCUT2D eigenvalue weighted by Crippen LogP contribution is -2.46. The molecule has 0 fully saturated rings. The van der Waals surface area contributed by atoms with Crippen LogP contribution in [-0.2, 0) is 41.6 Å². The van der Waals surface area contributed by atoms with Crippen LogP contribution in [0.4, 0.5) is 21.0 Å². The number of aromatic nitrogens is 4.